The highest BCUT2D eigenvalue weighted by Crippen LogP contribution is 2.36. The molecule has 29 heavy (non-hydrogen) atoms. The van der Waals surface area contributed by atoms with Gasteiger partial charge in [0.1, 0.15) is 5.75 Å². The zero-order valence-electron chi connectivity index (χ0n) is 15.8. The Morgan fingerprint density at radius 3 is 2.79 bits per heavy atom. The number of nitrogens with one attached hydrogen (secondary N) is 2. The lowest BCUT2D eigenvalue weighted by Crippen LogP contribution is -2.25. The van der Waals surface area contributed by atoms with Gasteiger partial charge < -0.3 is 15.4 Å². The van der Waals surface area contributed by atoms with Crippen molar-refractivity contribution in [1.29, 1.82) is 0 Å². The first-order valence-corrected chi connectivity index (χ1v) is 10.2. The molecule has 0 saturated heterocycles. The number of amides is 2. The molecule has 2 N–H and O–H groups in total. The van der Waals surface area contributed by atoms with Gasteiger partial charge in [0.15, 0.2) is 6.61 Å². The molecular weight excluding hydrogens is 410 g/mol. The molecule has 2 heterocycles. The van der Waals surface area contributed by atoms with E-state index in [4.69, 9.17) is 16.3 Å². The minimum Gasteiger partial charge on any atom is -0.482 e. The Labute approximate surface area is 176 Å². The number of rotatable bonds is 4. The molecule has 1 aliphatic rings. The number of thiazole rings is 1. The van der Waals surface area contributed by atoms with Crippen molar-refractivity contribution >= 4 is 46.1 Å². The van der Waals surface area contributed by atoms with Crippen LogP contribution in [0.15, 0.2) is 36.4 Å². The van der Waals surface area contributed by atoms with Crippen LogP contribution in [0.5, 0.6) is 5.75 Å². The van der Waals surface area contributed by atoms with Crippen LogP contribution in [0.1, 0.15) is 15.4 Å². The summed E-state index contributed by atoms with van der Waals surface area (Å²) in [5.74, 6) is 0.0246. The van der Waals surface area contributed by atoms with E-state index < -0.39 is 0 Å². The molecule has 0 atom stereocenters. The summed E-state index contributed by atoms with van der Waals surface area (Å²) in [6, 6.07) is 11.3. The second-order valence-corrected chi connectivity index (χ2v) is 8.46. The van der Waals surface area contributed by atoms with Gasteiger partial charge in [-0.3, -0.25) is 9.59 Å². The molecule has 0 fully saturated rings. The number of anilines is 2. The van der Waals surface area contributed by atoms with E-state index in [1.165, 1.54) is 16.9 Å². The smallest absolute Gasteiger partial charge is 0.262 e. The molecule has 0 unspecified atom stereocenters. The standard InChI is InChI=1S/C21H18ClN3O3S/c1-11-3-5-13(6-4-11)21-18(29-12(2)23-21)9-19(26)24-15-8-17-16(7-14(15)22)25-20(27)10-28-17/h3-8H,9-10H2,1-2H3,(H,24,26)(H,25,27). The first kappa shape index (κ1) is 19.4. The average molecular weight is 428 g/mol. The van der Waals surface area contributed by atoms with E-state index in [0.29, 0.717) is 22.1 Å². The van der Waals surface area contributed by atoms with Gasteiger partial charge in [-0.15, -0.1) is 11.3 Å². The molecule has 2 amide bonds. The Morgan fingerprint density at radius 1 is 1.28 bits per heavy atom. The van der Waals surface area contributed by atoms with Crippen LogP contribution in [0, 0.1) is 13.8 Å². The summed E-state index contributed by atoms with van der Waals surface area (Å²) in [4.78, 5) is 29.6. The van der Waals surface area contributed by atoms with Crippen molar-refractivity contribution in [3.05, 3.63) is 56.9 Å². The van der Waals surface area contributed by atoms with E-state index in [1.54, 1.807) is 12.1 Å². The number of aryl methyl sites for hydroxylation is 2. The van der Waals surface area contributed by atoms with Crippen molar-refractivity contribution in [2.75, 3.05) is 17.2 Å². The largest absolute Gasteiger partial charge is 0.482 e. The van der Waals surface area contributed by atoms with Crippen molar-refractivity contribution in [1.82, 2.24) is 4.98 Å². The number of halogens is 1. The molecule has 4 rings (SSSR count). The maximum atomic E-state index is 12.7. The Kier molecular flexibility index (Phi) is 5.25. The van der Waals surface area contributed by atoms with Gasteiger partial charge in [0.2, 0.25) is 5.91 Å². The fourth-order valence-corrected chi connectivity index (χ4v) is 4.23. The summed E-state index contributed by atoms with van der Waals surface area (Å²) in [7, 11) is 0. The molecule has 1 aromatic heterocycles. The highest BCUT2D eigenvalue weighted by atomic mass is 35.5. The number of carbonyl (C=O) groups is 2. The summed E-state index contributed by atoms with van der Waals surface area (Å²) < 4.78 is 5.39. The number of hydrogen-bond donors (Lipinski definition) is 2. The number of carbonyl (C=O) groups excluding carboxylic acids is 2. The third kappa shape index (κ3) is 4.26. The van der Waals surface area contributed by atoms with Crippen LogP contribution in [0.2, 0.25) is 5.02 Å². The number of nitrogens with zero attached hydrogens (tertiary/aromatic N) is 1. The maximum Gasteiger partial charge on any atom is 0.262 e. The van der Waals surface area contributed by atoms with Gasteiger partial charge in [-0.2, -0.15) is 0 Å². The Bertz CT molecular complexity index is 1110. The molecular formula is C21H18ClN3O3S. The molecule has 0 saturated carbocycles. The van der Waals surface area contributed by atoms with Crippen LogP contribution in [0.3, 0.4) is 0 Å². The molecule has 1 aliphatic heterocycles. The third-order valence-corrected chi connectivity index (χ3v) is 5.71. The quantitative estimate of drug-likeness (QED) is 0.638. The number of ether oxygens (including phenoxy) is 1. The van der Waals surface area contributed by atoms with Crippen molar-refractivity contribution < 1.29 is 14.3 Å². The predicted molar refractivity (Wildman–Crippen MR) is 115 cm³/mol. The van der Waals surface area contributed by atoms with E-state index in [0.717, 1.165) is 21.1 Å². The minimum atomic E-state index is -0.241. The molecule has 0 bridgehead atoms. The zero-order valence-corrected chi connectivity index (χ0v) is 17.4. The van der Waals surface area contributed by atoms with Crippen molar-refractivity contribution in [2.45, 2.75) is 20.3 Å². The Balaban J connectivity index is 1.54. The topological polar surface area (TPSA) is 80.3 Å². The lowest BCUT2D eigenvalue weighted by atomic mass is 10.1. The summed E-state index contributed by atoms with van der Waals surface area (Å²) >= 11 is 7.77. The monoisotopic (exact) mass is 427 g/mol. The predicted octanol–water partition coefficient (Wildman–Crippen LogP) is 4.59. The zero-order chi connectivity index (χ0) is 20.5. The summed E-state index contributed by atoms with van der Waals surface area (Å²) in [6.45, 7) is 3.89. The van der Waals surface area contributed by atoms with Gasteiger partial charge in [0.05, 0.1) is 33.5 Å². The normalized spacial score (nSPS) is 12.7. The van der Waals surface area contributed by atoms with Crippen LogP contribution >= 0.6 is 22.9 Å². The van der Waals surface area contributed by atoms with Crippen LogP contribution in [-0.2, 0) is 16.0 Å². The number of hydrogen-bond acceptors (Lipinski definition) is 5. The number of benzene rings is 2. The minimum absolute atomic E-state index is 0.0674. The van der Waals surface area contributed by atoms with Crippen molar-refractivity contribution in [2.24, 2.45) is 0 Å². The maximum absolute atomic E-state index is 12.7. The average Bonchev–Trinajstić information content (AvgIpc) is 3.03. The van der Waals surface area contributed by atoms with E-state index in [-0.39, 0.29) is 24.8 Å². The first-order chi connectivity index (χ1) is 13.9. The fourth-order valence-electron chi connectivity index (χ4n) is 3.06. The van der Waals surface area contributed by atoms with Crippen LogP contribution < -0.4 is 15.4 Å². The van der Waals surface area contributed by atoms with Gasteiger partial charge >= 0.3 is 0 Å². The highest BCUT2D eigenvalue weighted by molar-refractivity contribution is 7.12. The molecule has 3 aromatic rings. The van der Waals surface area contributed by atoms with Gasteiger partial charge in [0, 0.05) is 16.5 Å². The van der Waals surface area contributed by atoms with Gasteiger partial charge in [-0.25, -0.2) is 4.98 Å². The number of fused-ring (bicyclic) bond motifs is 1. The second-order valence-electron chi connectivity index (χ2n) is 6.76. The molecule has 2 aromatic carbocycles. The Morgan fingerprint density at radius 2 is 2.03 bits per heavy atom. The van der Waals surface area contributed by atoms with E-state index in [9.17, 15) is 9.59 Å². The van der Waals surface area contributed by atoms with Crippen molar-refractivity contribution in [3.63, 3.8) is 0 Å². The molecule has 6 nitrogen and oxygen atoms in total. The van der Waals surface area contributed by atoms with Crippen molar-refractivity contribution in [3.8, 4) is 17.0 Å². The van der Waals surface area contributed by atoms with Crippen LogP contribution in [0.25, 0.3) is 11.3 Å². The molecule has 148 valence electrons. The second kappa shape index (κ2) is 7.85. The van der Waals surface area contributed by atoms with Gasteiger partial charge in [-0.1, -0.05) is 41.4 Å². The van der Waals surface area contributed by atoms with Gasteiger partial charge in [-0.05, 0) is 19.9 Å². The third-order valence-electron chi connectivity index (χ3n) is 4.43. The highest BCUT2D eigenvalue weighted by Gasteiger charge is 2.20. The van der Waals surface area contributed by atoms with E-state index >= 15 is 0 Å². The lowest BCUT2D eigenvalue weighted by Gasteiger charge is -2.19. The van der Waals surface area contributed by atoms with Crippen LogP contribution in [-0.4, -0.2) is 23.4 Å². The molecule has 8 heteroatoms. The summed E-state index contributed by atoms with van der Waals surface area (Å²) in [6.07, 6.45) is 0.180. The molecule has 0 aliphatic carbocycles. The fraction of sp³-hybridized carbons (Fsp3) is 0.190. The van der Waals surface area contributed by atoms with E-state index in [2.05, 4.69) is 15.6 Å². The Hall–Kier alpha value is -2.90. The molecule has 0 radical (unpaired) electrons. The van der Waals surface area contributed by atoms with Gasteiger partial charge in [0.25, 0.3) is 5.91 Å². The number of aromatic nitrogens is 1. The first-order valence-electron chi connectivity index (χ1n) is 8.98. The molecule has 0 spiro atoms. The summed E-state index contributed by atoms with van der Waals surface area (Å²) in [5.41, 5.74) is 3.90. The van der Waals surface area contributed by atoms with E-state index in [1.807, 2.05) is 38.1 Å². The SMILES string of the molecule is Cc1ccc(-c2nc(C)sc2CC(=O)Nc2cc3c(cc2Cl)NC(=O)CO3)cc1. The lowest BCUT2D eigenvalue weighted by molar-refractivity contribution is -0.118. The summed E-state index contributed by atoms with van der Waals surface area (Å²) in [5, 5.41) is 6.74. The van der Waals surface area contributed by atoms with Crippen LogP contribution in [0.4, 0.5) is 11.4 Å².